The van der Waals surface area contributed by atoms with Crippen molar-refractivity contribution in [2.75, 3.05) is 5.32 Å². The van der Waals surface area contributed by atoms with E-state index < -0.39 is 0 Å². The lowest BCUT2D eigenvalue weighted by Crippen LogP contribution is -2.13. The van der Waals surface area contributed by atoms with Crippen LogP contribution in [0.2, 0.25) is 0 Å². The van der Waals surface area contributed by atoms with Gasteiger partial charge in [-0.25, -0.2) is 0 Å². The summed E-state index contributed by atoms with van der Waals surface area (Å²) in [5.41, 5.74) is 3.37. The highest BCUT2D eigenvalue weighted by molar-refractivity contribution is 9.10. The highest BCUT2D eigenvalue weighted by atomic mass is 79.9. The van der Waals surface area contributed by atoms with Crippen LogP contribution in [0.15, 0.2) is 41.1 Å². The first-order chi connectivity index (χ1) is 8.58. The second-order valence-electron chi connectivity index (χ2n) is 4.14. The normalized spacial score (nSPS) is 10.2. The Morgan fingerprint density at radius 2 is 2.06 bits per heavy atom. The van der Waals surface area contributed by atoms with Crippen LogP contribution in [0.25, 0.3) is 0 Å². The van der Waals surface area contributed by atoms with Crippen LogP contribution in [0.3, 0.4) is 0 Å². The number of rotatable bonds is 2. The van der Waals surface area contributed by atoms with Crippen molar-refractivity contribution in [1.29, 1.82) is 0 Å². The van der Waals surface area contributed by atoms with E-state index in [9.17, 15) is 4.79 Å². The summed E-state index contributed by atoms with van der Waals surface area (Å²) in [6.07, 6.45) is 3.28. The first kappa shape index (κ1) is 12.8. The molecule has 0 atom stereocenters. The molecule has 0 radical (unpaired) electrons. The van der Waals surface area contributed by atoms with E-state index in [-0.39, 0.29) is 5.91 Å². The van der Waals surface area contributed by atoms with Gasteiger partial charge in [0.2, 0.25) is 0 Å². The van der Waals surface area contributed by atoms with Gasteiger partial charge in [-0.2, -0.15) is 0 Å². The van der Waals surface area contributed by atoms with Gasteiger partial charge < -0.3 is 5.32 Å². The second kappa shape index (κ2) is 5.31. The molecule has 0 aliphatic rings. The molecule has 1 amide bonds. The lowest BCUT2D eigenvalue weighted by atomic mass is 10.2. The molecule has 0 saturated carbocycles. The van der Waals surface area contributed by atoms with Crippen molar-refractivity contribution in [2.45, 2.75) is 13.8 Å². The molecule has 0 saturated heterocycles. The van der Waals surface area contributed by atoms with Gasteiger partial charge in [0, 0.05) is 16.9 Å². The van der Waals surface area contributed by atoms with Crippen molar-refractivity contribution in [2.24, 2.45) is 0 Å². The first-order valence-corrected chi connectivity index (χ1v) is 6.35. The van der Waals surface area contributed by atoms with Crippen molar-refractivity contribution in [1.82, 2.24) is 4.98 Å². The fourth-order valence-corrected chi connectivity index (χ4v) is 1.98. The summed E-state index contributed by atoms with van der Waals surface area (Å²) in [5.74, 6) is -0.155. The minimum atomic E-state index is -0.155. The minimum Gasteiger partial charge on any atom is -0.321 e. The molecule has 4 heteroatoms. The van der Waals surface area contributed by atoms with Gasteiger partial charge in [0.15, 0.2) is 0 Å². The molecule has 1 aromatic carbocycles. The van der Waals surface area contributed by atoms with Crippen molar-refractivity contribution < 1.29 is 4.79 Å². The van der Waals surface area contributed by atoms with Crippen LogP contribution in [0.4, 0.5) is 5.69 Å². The summed E-state index contributed by atoms with van der Waals surface area (Å²) in [7, 11) is 0. The number of anilines is 1. The summed E-state index contributed by atoms with van der Waals surface area (Å²) in [6.45, 7) is 3.89. The number of nitrogens with zero attached hydrogens (tertiary/aromatic N) is 1. The Kier molecular flexibility index (Phi) is 3.77. The molecule has 92 valence electrons. The quantitative estimate of drug-likeness (QED) is 0.919. The molecule has 0 aliphatic carbocycles. The zero-order chi connectivity index (χ0) is 13.1. The molecular formula is C14H13BrN2O. The Hall–Kier alpha value is -1.68. The zero-order valence-corrected chi connectivity index (χ0v) is 11.8. The Bertz CT molecular complexity index is 596. The fraction of sp³-hybridized carbons (Fsp3) is 0.143. The lowest BCUT2D eigenvalue weighted by Gasteiger charge is -2.09. The van der Waals surface area contributed by atoms with Gasteiger partial charge in [-0.3, -0.25) is 9.78 Å². The number of halogens is 1. The SMILES string of the molecule is Cc1cncc(C(=O)Nc2cccc(C)c2Br)c1. The van der Waals surface area contributed by atoms with E-state index in [0.717, 1.165) is 21.3 Å². The largest absolute Gasteiger partial charge is 0.321 e. The summed E-state index contributed by atoms with van der Waals surface area (Å²) in [4.78, 5) is 16.1. The summed E-state index contributed by atoms with van der Waals surface area (Å²) in [5, 5.41) is 2.87. The van der Waals surface area contributed by atoms with E-state index in [4.69, 9.17) is 0 Å². The molecule has 18 heavy (non-hydrogen) atoms. The van der Waals surface area contributed by atoms with Gasteiger partial charge in [-0.05, 0) is 53.0 Å². The number of hydrogen-bond acceptors (Lipinski definition) is 2. The van der Waals surface area contributed by atoms with Crippen LogP contribution in [-0.2, 0) is 0 Å². The standard InChI is InChI=1S/C14H13BrN2O/c1-9-6-11(8-16-7-9)14(18)17-12-5-3-4-10(2)13(12)15/h3-8H,1-2H3,(H,17,18). The van der Waals surface area contributed by atoms with E-state index in [1.807, 2.05) is 38.1 Å². The molecule has 1 N–H and O–H groups in total. The number of pyridine rings is 1. The Morgan fingerprint density at radius 3 is 2.78 bits per heavy atom. The predicted molar refractivity (Wildman–Crippen MR) is 75.8 cm³/mol. The molecule has 2 aromatic rings. The van der Waals surface area contributed by atoms with Crippen LogP contribution in [0.1, 0.15) is 21.5 Å². The van der Waals surface area contributed by atoms with Crippen LogP contribution in [0, 0.1) is 13.8 Å². The van der Waals surface area contributed by atoms with E-state index in [1.54, 1.807) is 12.4 Å². The highest BCUT2D eigenvalue weighted by Crippen LogP contribution is 2.26. The molecule has 0 fully saturated rings. The maximum atomic E-state index is 12.1. The fourth-order valence-electron chi connectivity index (χ4n) is 1.62. The Labute approximate surface area is 114 Å². The maximum absolute atomic E-state index is 12.1. The molecule has 1 heterocycles. The Morgan fingerprint density at radius 1 is 1.28 bits per heavy atom. The molecule has 1 aromatic heterocycles. The molecule has 3 nitrogen and oxygen atoms in total. The molecule has 0 spiro atoms. The molecule has 2 rings (SSSR count). The van der Waals surface area contributed by atoms with Crippen molar-refractivity contribution >= 4 is 27.5 Å². The number of amides is 1. The van der Waals surface area contributed by atoms with Gasteiger partial charge >= 0.3 is 0 Å². The van der Waals surface area contributed by atoms with Crippen LogP contribution in [-0.4, -0.2) is 10.9 Å². The van der Waals surface area contributed by atoms with Gasteiger partial charge in [-0.1, -0.05) is 12.1 Å². The number of carbonyl (C=O) groups is 1. The third kappa shape index (κ3) is 2.76. The number of hydrogen-bond donors (Lipinski definition) is 1. The van der Waals surface area contributed by atoms with E-state index in [0.29, 0.717) is 5.56 Å². The molecular weight excluding hydrogens is 292 g/mol. The van der Waals surface area contributed by atoms with Crippen molar-refractivity contribution in [3.63, 3.8) is 0 Å². The lowest BCUT2D eigenvalue weighted by molar-refractivity contribution is 0.102. The van der Waals surface area contributed by atoms with Crippen LogP contribution in [0.5, 0.6) is 0 Å². The minimum absolute atomic E-state index is 0.155. The van der Waals surface area contributed by atoms with Gasteiger partial charge in [0.1, 0.15) is 0 Å². The first-order valence-electron chi connectivity index (χ1n) is 5.56. The van der Waals surface area contributed by atoms with Crippen molar-refractivity contribution in [3.05, 3.63) is 57.8 Å². The third-order valence-electron chi connectivity index (χ3n) is 2.58. The average molecular weight is 305 g/mol. The van der Waals surface area contributed by atoms with E-state index >= 15 is 0 Å². The number of aromatic nitrogens is 1. The summed E-state index contributed by atoms with van der Waals surface area (Å²) in [6, 6.07) is 7.56. The number of aryl methyl sites for hydroxylation is 2. The highest BCUT2D eigenvalue weighted by Gasteiger charge is 2.09. The van der Waals surface area contributed by atoms with Gasteiger partial charge in [0.25, 0.3) is 5.91 Å². The second-order valence-corrected chi connectivity index (χ2v) is 4.93. The van der Waals surface area contributed by atoms with Crippen LogP contribution < -0.4 is 5.32 Å². The van der Waals surface area contributed by atoms with E-state index in [1.165, 1.54) is 0 Å². The van der Waals surface area contributed by atoms with Gasteiger partial charge in [0.05, 0.1) is 11.3 Å². The molecule has 0 unspecified atom stereocenters. The smallest absolute Gasteiger partial charge is 0.257 e. The molecule has 0 aliphatic heterocycles. The maximum Gasteiger partial charge on any atom is 0.257 e. The monoisotopic (exact) mass is 304 g/mol. The van der Waals surface area contributed by atoms with E-state index in [2.05, 4.69) is 26.2 Å². The summed E-state index contributed by atoms with van der Waals surface area (Å²) >= 11 is 3.47. The van der Waals surface area contributed by atoms with Crippen molar-refractivity contribution in [3.8, 4) is 0 Å². The number of benzene rings is 1. The molecule has 0 bridgehead atoms. The number of carbonyl (C=O) groups excluding carboxylic acids is 1. The summed E-state index contributed by atoms with van der Waals surface area (Å²) < 4.78 is 0.902. The predicted octanol–water partition coefficient (Wildman–Crippen LogP) is 3.71. The van der Waals surface area contributed by atoms with Gasteiger partial charge in [-0.15, -0.1) is 0 Å². The Balaban J connectivity index is 2.24. The average Bonchev–Trinajstić information content (AvgIpc) is 2.35. The zero-order valence-electron chi connectivity index (χ0n) is 10.2. The number of nitrogens with one attached hydrogen (secondary N) is 1. The third-order valence-corrected chi connectivity index (χ3v) is 3.63. The van der Waals surface area contributed by atoms with Crippen LogP contribution >= 0.6 is 15.9 Å². The topological polar surface area (TPSA) is 42.0 Å².